The zero-order valence-corrected chi connectivity index (χ0v) is 17.9. The number of carbonyl (C=O) groups excluding carboxylic acids is 1. The van der Waals surface area contributed by atoms with Gasteiger partial charge in [0.2, 0.25) is 0 Å². The van der Waals surface area contributed by atoms with Crippen LogP contribution in [0.25, 0.3) is 22.5 Å². The van der Waals surface area contributed by atoms with Crippen LogP contribution in [-0.2, 0) is 9.53 Å². The predicted octanol–water partition coefficient (Wildman–Crippen LogP) is 4.45. The molecule has 0 spiro atoms. The Morgan fingerprint density at radius 3 is 2.06 bits per heavy atom. The van der Waals surface area contributed by atoms with Crippen LogP contribution in [0, 0.1) is 0 Å². The van der Waals surface area contributed by atoms with Crippen molar-refractivity contribution in [3.63, 3.8) is 0 Å². The molecule has 6 heteroatoms. The number of anilines is 1. The Morgan fingerprint density at radius 2 is 1.52 bits per heavy atom. The van der Waals surface area contributed by atoms with Crippen molar-refractivity contribution < 1.29 is 9.53 Å². The Kier molecular flexibility index (Phi) is 10.4. The van der Waals surface area contributed by atoms with Gasteiger partial charge >= 0.3 is 43.7 Å². The van der Waals surface area contributed by atoms with E-state index in [-0.39, 0.29) is 49.7 Å². The van der Waals surface area contributed by atoms with Crippen molar-refractivity contribution in [3.05, 3.63) is 66.9 Å². The van der Waals surface area contributed by atoms with Crippen molar-refractivity contribution in [1.29, 1.82) is 0 Å². The summed E-state index contributed by atoms with van der Waals surface area (Å²) >= 11 is 0. The van der Waals surface area contributed by atoms with Crippen molar-refractivity contribution in [2.45, 2.75) is 39.7 Å². The molecule has 0 aliphatic heterocycles. The van der Waals surface area contributed by atoms with E-state index in [1.54, 1.807) is 0 Å². The second kappa shape index (κ2) is 12.8. The number of rotatable bonds is 9. The summed E-state index contributed by atoms with van der Waals surface area (Å²) in [4.78, 5) is 23.1. The van der Waals surface area contributed by atoms with E-state index in [2.05, 4.69) is 43.0 Å². The van der Waals surface area contributed by atoms with Crippen molar-refractivity contribution in [3.8, 4) is 22.5 Å². The van der Waals surface area contributed by atoms with E-state index in [1.165, 1.54) is 6.92 Å². The van der Waals surface area contributed by atoms with E-state index in [4.69, 9.17) is 14.7 Å². The number of hydrogen-bond donors (Lipinski definition) is 0. The first-order valence-electron chi connectivity index (χ1n) is 10.4. The van der Waals surface area contributed by atoms with Crippen LogP contribution < -0.4 is 4.90 Å². The van der Waals surface area contributed by atoms with E-state index in [0.717, 1.165) is 47.7 Å². The van der Waals surface area contributed by atoms with Crippen LogP contribution in [0.4, 0.5) is 5.82 Å². The van der Waals surface area contributed by atoms with Crippen molar-refractivity contribution >= 4 is 49.5 Å². The van der Waals surface area contributed by atoms with Gasteiger partial charge in [-0.2, -0.15) is 0 Å². The van der Waals surface area contributed by atoms with E-state index in [9.17, 15) is 4.79 Å². The first kappa shape index (κ1) is 25.3. The summed E-state index contributed by atoms with van der Waals surface area (Å²) in [5, 5.41) is 0. The van der Waals surface area contributed by atoms with Gasteiger partial charge in [-0.25, -0.2) is 4.98 Å². The summed E-state index contributed by atoms with van der Waals surface area (Å²) in [6.07, 6.45) is 3.60. The zero-order valence-electron chi connectivity index (χ0n) is 17.9. The molecular weight excluding hydrogens is 414 g/mol. The van der Waals surface area contributed by atoms with Crippen LogP contribution in [0.15, 0.2) is 66.9 Å². The van der Waals surface area contributed by atoms with Gasteiger partial charge in [0.15, 0.2) is 0 Å². The molecule has 0 atom stereocenters. The maximum atomic E-state index is 10.9. The molecule has 1 aromatic heterocycles. The predicted molar refractivity (Wildman–Crippen MR) is 130 cm³/mol. The SMILES string of the molecule is CC(=O)OCCCCN(c1cnc(-c2ccccc2)c(-c2ccccc2)n1)C(C)C.[CaH2]. The Bertz CT molecular complexity index is 949. The van der Waals surface area contributed by atoms with Crippen LogP contribution >= 0.6 is 0 Å². The van der Waals surface area contributed by atoms with E-state index >= 15 is 0 Å². The topological polar surface area (TPSA) is 55.3 Å². The van der Waals surface area contributed by atoms with Crippen LogP contribution in [-0.4, -0.2) is 72.9 Å². The summed E-state index contributed by atoms with van der Waals surface area (Å²) in [7, 11) is 0. The van der Waals surface area contributed by atoms with Crippen LogP contribution in [0.2, 0.25) is 0 Å². The molecule has 0 saturated heterocycles. The molecule has 0 amide bonds. The van der Waals surface area contributed by atoms with Gasteiger partial charge in [-0.05, 0) is 26.7 Å². The van der Waals surface area contributed by atoms with Gasteiger partial charge < -0.3 is 9.64 Å². The molecule has 31 heavy (non-hydrogen) atoms. The molecule has 5 nitrogen and oxygen atoms in total. The van der Waals surface area contributed by atoms with Gasteiger partial charge in [-0.15, -0.1) is 0 Å². The normalized spacial score (nSPS) is 10.5. The van der Waals surface area contributed by atoms with E-state index in [1.807, 2.05) is 42.6 Å². The molecule has 0 saturated carbocycles. The Hall–Kier alpha value is -1.95. The summed E-state index contributed by atoms with van der Waals surface area (Å²) < 4.78 is 5.05. The summed E-state index contributed by atoms with van der Waals surface area (Å²) in [5.41, 5.74) is 3.85. The fourth-order valence-corrected chi connectivity index (χ4v) is 3.36. The molecule has 3 aromatic rings. The minimum atomic E-state index is -0.231. The fourth-order valence-electron chi connectivity index (χ4n) is 3.36. The minimum absolute atomic E-state index is 0. The standard InChI is InChI=1S/C25H29N3O2.Ca.2H/c1-19(2)28(16-10-11-17-30-20(3)29)23-18-26-24(21-12-6-4-7-13-21)25(27-23)22-14-8-5-9-15-22;;;/h4-9,12-15,18-19H,10-11,16-17H2,1-3H3;;;. The number of unbranched alkanes of at least 4 members (excludes halogenated alkanes) is 1. The number of aromatic nitrogens is 2. The average molecular weight is 446 g/mol. The monoisotopic (exact) mass is 445 g/mol. The quantitative estimate of drug-likeness (QED) is 0.277. The maximum absolute atomic E-state index is 10.9. The molecular formula is C25H31CaN3O2. The fraction of sp³-hybridized carbons (Fsp3) is 0.320. The number of benzene rings is 2. The second-order valence-corrected chi connectivity index (χ2v) is 7.49. The van der Waals surface area contributed by atoms with Gasteiger partial charge in [-0.3, -0.25) is 9.78 Å². The molecule has 0 bridgehead atoms. The van der Waals surface area contributed by atoms with Gasteiger partial charge in [0, 0.05) is 30.6 Å². The number of hydrogen-bond acceptors (Lipinski definition) is 5. The van der Waals surface area contributed by atoms with Gasteiger partial charge in [0.25, 0.3) is 0 Å². The molecule has 0 aliphatic carbocycles. The molecule has 0 fully saturated rings. The Balaban J connectivity index is 0.00000341. The first-order chi connectivity index (χ1) is 14.6. The van der Waals surface area contributed by atoms with Crippen LogP contribution in [0.1, 0.15) is 33.6 Å². The Morgan fingerprint density at radius 1 is 0.935 bits per heavy atom. The third-order valence-corrected chi connectivity index (χ3v) is 4.87. The molecule has 0 N–H and O–H groups in total. The molecule has 1 heterocycles. The van der Waals surface area contributed by atoms with Gasteiger partial charge in [0.1, 0.15) is 5.82 Å². The van der Waals surface area contributed by atoms with Crippen molar-refractivity contribution in [2.24, 2.45) is 0 Å². The molecule has 2 aromatic carbocycles. The molecule has 0 unspecified atom stereocenters. The molecule has 0 radical (unpaired) electrons. The molecule has 0 aliphatic rings. The first-order valence-corrected chi connectivity index (χ1v) is 10.4. The average Bonchev–Trinajstić information content (AvgIpc) is 2.76. The van der Waals surface area contributed by atoms with Crippen molar-refractivity contribution in [1.82, 2.24) is 9.97 Å². The number of esters is 1. The molecule has 160 valence electrons. The number of nitrogens with zero attached hydrogens (tertiary/aromatic N) is 3. The summed E-state index contributed by atoms with van der Waals surface area (Å²) in [5.74, 6) is 0.626. The third kappa shape index (κ3) is 7.30. The van der Waals surface area contributed by atoms with Crippen molar-refractivity contribution in [2.75, 3.05) is 18.1 Å². The zero-order chi connectivity index (χ0) is 21.3. The molecule has 3 rings (SSSR count). The van der Waals surface area contributed by atoms with E-state index in [0.29, 0.717) is 6.61 Å². The summed E-state index contributed by atoms with van der Waals surface area (Å²) in [6, 6.07) is 20.6. The number of ether oxygens (including phenoxy) is 1. The second-order valence-electron chi connectivity index (χ2n) is 7.49. The Labute approximate surface area is 214 Å². The van der Waals surface area contributed by atoms with Crippen LogP contribution in [0.5, 0.6) is 0 Å². The summed E-state index contributed by atoms with van der Waals surface area (Å²) in [6.45, 7) is 7.03. The third-order valence-electron chi connectivity index (χ3n) is 4.87. The van der Waals surface area contributed by atoms with Crippen LogP contribution in [0.3, 0.4) is 0 Å². The van der Waals surface area contributed by atoms with Gasteiger partial charge in [-0.1, -0.05) is 60.7 Å². The number of carbonyl (C=O) groups is 1. The van der Waals surface area contributed by atoms with E-state index < -0.39 is 0 Å². The van der Waals surface area contributed by atoms with Gasteiger partial charge in [0.05, 0.1) is 24.2 Å².